The predicted molar refractivity (Wildman–Crippen MR) is 87.2 cm³/mol. The maximum absolute atomic E-state index is 4.02. The molecule has 1 aromatic heterocycles. The molecule has 1 aliphatic carbocycles. The van der Waals surface area contributed by atoms with Crippen molar-refractivity contribution in [2.45, 2.75) is 64.1 Å². The van der Waals surface area contributed by atoms with Crippen molar-refractivity contribution in [2.24, 2.45) is 11.8 Å². The van der Waals surface area contributed by atoms with Gasteiger partial charge in [-0.15, -0.1) is 11.3 Å². The number of rotatable bonds is 5. The first-order chi connectivity index (χ1) is 9.75. The highest BCUT2D eigenvalue weighted by Gasteiger charge is 2.36. The second-order valence-electron chi connectivity index (χ2n) is 6.81. The normalized spacial score (nSPS) is 32.0. The molecular formula is C17H28N2S. The van der Waals surface area contributed by atoms with Crippen LogP contribution in [-0.2, 0) is 0 Å². The Bertz CT molecular complexity index is 395. The summed E-state index contributed by atoms with van der Waals surface area (Å²) in [5.41, 5.74) is 0. The largest absolute Gasteiger partial charge is 0.314 e. The second kappa shape index (κ2) is 6.59. The van der Waals surface area contributed by atoms with E-state index in [0.717, 1.165) is 12.0 Å². The average Bonchev–Trinajstić information content (AvgIpc) is 3.16. The zero-order valence-electron chi connectivity index (χ0n) is 12.8. The first-order valence-corrected chi connectivity index (χ1v) is 9.16. The van der Waals surface area contributed by atoms with E-state index < -0.39 is 0 Å². The van der Waals surface area contributed by atoms with Crippen LogP contribution in [0, 0.1) is 11.8 Å². The van der Waals surface area contributed by atoms with E-state index in [1.54, 1.807) is 0 Å². The molecule has 2 aliphatic rings. The second-order valence-corrected chi connectivity index (χ2v) is 7.79. The van der Waals surface area contributed by atoms with Crippen LogP contribution < -0.4 is 10.6 Å². The van der Waals surface area contributed by atoms with Crippen molar-refractivity contribution in [3.8, 4) is 0 Å². The highest BCUT2D eigenvalue weighted by molar-refractivity contribution is 7.10. The van der Waals surface area contributed by atoms with E-state index >= 15 is 0 Å². The molecule has 2 fully saturated rings. The predicted octanol–water partition coefficient (Wildman–Crippen LogP) is 3.96. The van der Waals surface area contributed by atoms with Gasteiger partial charge in [0, 0.05) is 23.0 Å². The lowest BCUT2D eigenvalue weighted by molar-refractivity contribution is 0.275. The minimum atomic E-state index is 0.530. The Morgan fingerprint density at radius 3 is 2.80 bits per heavy atom. The Morgan fingerprint density at radius 2 is 2.15 bits per heavy atom. The van der Waals surface area contributed by atoms with Crippen molar-refractivity contribution < 1.29 is 0 Å². The molecule has 4 unspecified atom stereocenters. The number of hydrogen-bond donors (Lipinski definition) is 2. The van der Waals surface area contributed by atoms with Crippen LogP contribution in [0.25, 0.3) is 0 Å². The standard InChI is InChI=1S/C17H28N2S/c1-12(2)17(16-9-5-11-20-16)19-15-7-3-6-13(15)14-8-4-10-18-14/h5,9,11-15,17-19H,3-4,6-8,10H2,1-2H3. The molecule has 0 spiro atoms. The first-order valence-electron chi connectivity index (χ1n) is 8.28. The van der Waals surface area contributed by atoms with Gasteiger partial charge in [0.1, 0.15) is 0 Å². The zero-order valence-corrected chi connectivity index (χ0v) is 13.6. The molecule has 1 saturated carbocycles. The Hall–Kier alpha value is -0.380. The van der Waals surface area contributed by atoms with Crippen LogP contribution in [-0.4, -0.2) is 18.6 Å². The minimum absolute atomic E-state index is 0.530. The van der Waals surface area contributed by atoms with Crippen molar-refractivity contribution in [1.82, 2.24) is 10.6 Å². The third-order valence-corrected chi connectivity index (χ3v) is 6.05. The number of nitrogens with one attached hydrogen (secondary N) is 2. The molecule has 112 valence electrons. The van der Waals surface area contributed by atoms with Crippen molar-refractivity contribution in [3.05, 3.63) is 22.4 Å². The van der Waals surface area contributed by atoms with Gasteiger partial charge in [-0.2, -0.15) is 0 Å². The summed E-state index contributed by atoms with van der Waals surface area (Å²) >= 11 is 1.90. The summed E-state index contributed by atoms with van der Waals surface area (Å²) < 4.78 is 0. The van der Waals surface area contributed by atoms with Crippen molar-refractivity contribution in [1.29, 1.82) is 0 Å². The van der Waals surface area contributed by atoms with Gasteiger partial charge in [-0.25, -0.2) is 0 Å². The lowest BCUT2D eigenvalue weighted by Crippen LogP contribution is -2.44. The van der Waals surface area contributed by atoms with Crippen LogP contribution in [0.3, 0.4) is 0 Å². The maximum atomic E-state index is 4.02. The Labute approximate surface area is 127 Å². The van der Waals surface area contributed by atoms with E-state index in [-0.39, 0.29) is 0 Å². The molecule has 2 N–H and O–H groups in total. The van der Waals surface area contributed by atoms with Crippen LogP contribution in [0.4, 0.5) is 0 Å². The van der Waals surface area contributed by atoms with Gasteiger partial charge < -0.3 is 10.6 Å². The molecule has 3 rings (SSSR count). The summed E-state index contributed by atoms with van der Waals surface area (Å²) in [6, 6.07) is 6.48. The molecule has 1 aliphatic heterocycles. The molecule has 1 saturated heterocycles. The summed E-state index contributed by atoms with van der Waals surface area (Å²) in [6.45, 7) is 5.91. The summed E-state index contributed by atoms with van der Waals surface area (Å²) in [6.07, 6.45) is 6.92. The highest BCUT2D eigenvalue weighted by Crippen LogP contribution is 2.35. The molecule has 0 bridgehead atoms. The van der Waals surface area contributed by atoms with Crippen molar-refractivity contribution >= 4 is 11.3 Å². The summed E-state index contributed by atoms with van der Waals surface area (Å²) in [7, 11) is 0. The fourth-order valence-electron chi connectivity index (χ4n) is 4.06. The van der Waals surface area contributed by atoms with E-state index in [1.165, 1.54) is 43.5 Å². The van der Waals surface area contributed by atoms with Crippen molar-refractivity contribution in [3.63, 3.8) is 0 Å². The van der Waals surface area contributed by atoms with Crippen LogP contribution in [0.5, 0.6) is 0 Å². The summed E-state index contributed by atoms with van der Waals surface area (Å²) in [5.74, 6) is 1.50. The third-order valence-electron chi connectivity index (χ3n) is 5.09. The Kier molecular flexibility index (Phi) is 4.79. The van der Waals surface area contributed by atoms with Gasteiger partial charge >= 0.3 is 0 Å². The first kappa shape index (κ1) is 14.6. The Balaban J connectivity index is 1.68. The average molecular weight is 292 g/mol. The number of thiophene rings is 1. The molecule has 0 amide bonds. The fourth-order valence-corrected chi connectivity index (χ4v) is 5.01. The number of hydrogen-bond acceptors (Lipinski definition) is 3. The molecule has 0 radical (unpaired) electrons. The van der Waals surface area contributed by atoms with E-state index in [1.807, 2.05) is 11.3 Å². The zero-order chi connectivity index (χ0) is 13.9. The van der Waals surface area contributed by atoms with Gasteiger partial charge in [0.2, 0.25) is 0 Å². The molecule has 20 heavy (non-hydrogen) atoms. The van der Waals surface area contributed by atoms with E-state index in [0.29, 0.717) is 18.0 Å². The molecule has 2 nitrogen and oxygen atoms in total. The highest BCUT2D eigenvalue weighted by atomic mass is 32.1. The quantitative estimate of drug-likeness (QED) is 0.858. The summed E-state index contributed by atoms with van der Waals surface area (Å²) in [4.78, 5) is 1.50. The molecule has 4 atom stereocenters. The van der Waals surface area contributed by atoms with Gasteiger partial charge in [-0.1, -0.05) is 26.3 Å². The monoisotopic (exact) mass is 292 g/mol. The van der Waals surface area contributed by atoms with Crippen LogP contribution >= 0.6 is 11.3 Å². The lowest BCUT2D eigenvalue weighted by Gasteiger charge is -2.32. The molecule has 1 aromatic rings. The van der Waals surface area contributed by atoms with E-state index in [2.05, 4.69) is 42.0 Å². The third kappa shape index (κ3) is 3.10. The topological polar surface area (TPSA) is 24.1 Å². The smallest absolute Gasteiger partial charge is 0.0440 e. The maximum Gasteiger partial charge on any atom is 0.0440 e. The fraction of sp³-hybridized carbons (Fsp3) is 0.765. The SMILES string of the molecule is CC(C)C(NC1CCCC1C1CCCN1)c1cccs1. The van der Waals surface area contributed by atoms with Gasteiger partial charge in [0.05, 0.1) is 0 Å². The molecule has 0 aromatic carbocycles. The van der Waals surface area contributed by atoms with Crippen LogP contribution in [0.1, 0.15) is 56.9 Å². The molecule has 2 heterocycles. The molecule has 3 heteroatoms. The van der Waals surface area contributed by atoms with Gasteiger partial charge in [0.25, 0.3) is 0 Å². The van der Waals surface area contributed by atoms with Crippen molar-refractivity contribution in [2.75, 3.05) is 6.54 Å². The van der Waals surface area contributed by atoms with Gasteiger partial charge in [-0.3, -0.25) is 0 Å². The Morgan fingerprint density at radius 1 is 1.25 bits per heavy atom. The van der Waals surface area contributed by atoms with Crippen LogP contribution in [0.2, 0.25) is 0 Å². The van der Waals surface area contributed by atoms with E-state index in [9.17, 15) is 0 Å². The summed E-state index contributed by atoms with van der Waals surface area (Å²) in [5, 5.41) is 9.95. The van der Waals surface area contributed by atoms with E-state index in [4.69, 9.17) is 0 Å². The van der Waals surface area contributed by atoms with Gasteiger partial charge in [0.15, 0.2) is 0 Å². The van der Waals surface area contributed by atoms with Gasteiger partial charge in [-0.05, 0) is 55.5 Å². The minimum Gasteiger partial charge on any atom is -0.314 e. The van der Waals surface area contributed by atoms with Crippen LogP contribution in [0.15, 0.2) is 17.5 Å². The lowest BCUT2D eigenvalue weighted by atomic mass is 9.91. The molecular weight excluding hydrogens is 264 g/mol.